The summed E-state index contributed by atoms with van der Waals surface area (Å²) >= 11 is 6.06. The van der Waals surface area contributed by atoms with Gasteiger partial charge in [-0.15, -0.1) is 0 Å². The molecule has 1 aliphatic heterocycles. The molecule has 4 heteroatoms. The summed E-state index contributed by atoms with van der Waals surface area (Å²) in [6.45, 7) is 3.22. The molecule has 0 spiro atoms. The Labute approximate surface area is 106 Å². The lowest BCUT2D eigenvalue weighted by Crippen LogP contribution is -2.27. The van der Waals surface area contributed by atoms with Crippen molar-refractivity contribution >= 4 is 11.6 Å². The Kier molecular flexibility index (Phi) is 4.02. The molecule has 94 valence electrons. The lowest BCUT2D eigenvalue weighted by Gasteiger charge is -2.28. The van der Waals surface area contributed by atoms with Crippen LogP contribution in [0.15, 0.2) is 12.1 Å². The van der Waals surface area contributed by atoms with Gasteiger partial charge >= 0.3 is 0 Å². The fourth-order valence-electron chi connectivity index (χ4n) is 2.26. The number of hydrogen-bond acceptors (Lipinski definition) is 2. The van der Waals surface area contributed by atoms with E-state index in [4.69, 9.17) is 22.1 Å². The second-order valence-corrected chi connectivity index (χ2v) is 5.01. The molecule has 0 bridgehead atoms. The van der Waals surface area contributed by atoms with E-state index in [1.807, 2.05) is 0 Å². The van der Waals surface area contributed by atoms with E-state index in [0.29, 0.717) is 16.5 Å². The Balaban J connectivity index is 2.23. The van der Waals surface area contributed by atoms with E-state index in [0.717, 1.165) is 31.6 Å². The first-order chi connectivity index (χ1) is 8.09. The minimum absolute atomic E-state index is 0.134. The van der Waals surface area contributed by atoms with Crippen molar-refractivity contribution in [3.63, 3.8) is 0 Å². The monoisotopic (exact) mass is 257 g/mol. The van der Waals surface area contributed by atoms with Crippen LogP contribution in [0.1, 0.15) is 30.0 Å². The van der Waals surface area contributed by atoms with Crippen LogP contribution < -0.4 is 5.73 Å². The molecule has 1 aliphatic rings. The molecule has 1 fully saturated rings. The van der Waals surface area contributed by atoms with Crippen molar-refractivity contribution in [2.75, 3.05) is 13.2 Å². The maximum atomic E-state index is 13.3. The summed E-state index contributed by atoms with van der Waals surface area (Å²) < 4.78 is 18.6. The third-order valence-corrected chi connectivity index (χ3v) is 3.74. The minimum atomic E-state index is -0.280. The van der Waals surface area contributed by atoms with Crippen LogP contribution in [0.4, 0.5) is 4.39 Å². The highest BCUT2D eigenvalue weighted by atomic mass is 35.5. The van der Waals surface area contributed by atoms with Crippen molar-refractivity contribution in [2.24, 2.45) is 11.7 Å². The number of nitrogens with two attached hydrogens (primary N) is 1. The molecule has 1 heterocycles. The molecule has 1 aromatic carbocycles. The summed E-state index contributed by atoms with van der Waals surface area (Å²) in [6, 6.07) is 2.98. The molecule has 2 nitrogen and oxygen atoms in total. The molecule has 0 aliphatic carbocycles. The lowest BCUT2D eigenvalue weighted by atomic mass is 9.87. The van der Waals surface area contributed by atoms with Crippen LogP contribution in [0, 0.1) is 18.7 Å². The van der Waals surface area contributed by atoms with Crippen molar-refractivity contribution in [3.05, 3.63) is 34.1 Å². The molecule has 2 N–H and O–H groups in total. The Hall–Kier alpha value is -0.640. The maximum Gasteiger partial charge on any atom is 0.127 e. The van der Waals surface area contributed by atoms with E-state index in [-0.39, 0.29) is 11.9 Å². The van der Waals surface area contributed by atoms with Gasteiger partial charge in [0.2, 0.25) is 0 Å². The average molecular weight is 258 g/mol. The Morgan fingerprint density at radius 2 is 2.06 bits per heavy atom. The van der Waals surface area contributed by atoms with Gasteiger partial charge in [-0.2, -0.15) is 0 Å². The van der Waals surface area contributed by atoms with Crippen LogP contribution in [0.3, 0.4) is 0 Å². The quantitative estimate of drug-likeness (QED) is 0.883. The molecular weight excluding hydrogens is 241 g/mol. The summed E-state index contributed by atoms with van der Waals surface area (Å²) in [5.74, 6) is 0.0871. The van der Waals surface area contributed by atoms with Gasteiger partial charge < -0.3 is 10.5 Å². The Morgan fingerprint density at radius 1 is 1.41 bits per heavy atom. The van der Waals surface area contributed by atoms with Crippen LogP contribution in [0.2, 0.25) is 5.02 Å². The molecule has 1 aromatic rings. The van der Waals surface area contributed by atoms with E-state index in [9.17, 15) is 4.39 Å². The first-order valence-corrected chi connectivity index (χ1v) is 6.26. The second kappa shape index (κ2) is 5.34. The van der Waals surface area contributed by atoms with Crippen molar-refractivity contribution in [1.29, 1.82) is 0 Å². The number of aryl methyl sites for hydroxylation is 1. The highest BCUT2D eigenvalue weighted by molar-refractivity contribution is 6.31. The summed E-state index contributed by atoms with van der Waals surface area (Å²) in [4.78, 5) is 0. The van der Waals surface area contributed by atoms with E-state index >= 15 is 0 Å². The molecule has 1 saturated heterocycles. The van der Waals surface area contributed by atoms with Gasteiger partial charge in [-0.1, -0.05) is 17.7 Å². The molecular formula is C13H17ClFNO. The highest BCUT2D eigenvalue weighted by Crippen LogP contribution is 2.33. The second-order valence-electron chi connectivity index (χ2n) is 4.60. The van der Waals surface area contributed by atoms with Crippen LogP contribution in [0.5, 0.6) is 0 Å². The van der Waals surface area contributed by atoms with Crippen LogP contribution >= 0.6 is 11.6 Å². The van der Waals surface area contributed by atoms with E-state index in [1.54, 1.807) is 13.0 Å². The van der Waals surface area contributed by atoms with E-state index in [2.05, 4.69) is 0 Å². The molecule has 2 rings (SSSR count). The highest BCUT2D eigenvalue weighted by Gasteiger charge is 2.24. The van der Waals surface area contributed by atoms with Crippen molar-refractivity contribution in [3.8, 4) is 0 Å². The van der Waals surface area contributed by atoms with Gasteiger partial charge in [0, 0.05) is 24.3 Å². The third kappa shape index (κ3) is 2.79. The molecule has 0 saturated carbocycles. The summed E-state index contributed by atoms with van der Waals surface area (Å²) in [7, 11) is 0. The van der Waals surface area contributed by atoms with Crippen molar-refractivity contribution in [1.82, 2.24) is 0 Å². The van der Waals surface area contributed by atoms with Crippen LogP contribution in [0.25, 0.3) is 0 Å². The largest absolute Gasteiger partial charge is 0.381 e. The first kappa shape index (κ1) is 12.8. The van der Waals surface area contributed by atoms with Gasteiger partial charge in [0.05, 0.1) is 0 Å². The number of ether oxygens (including phenoxy) is 1. The topological polar surface area (TPSA) is 35.2 Å². The predicted octanol–water partition coefficient (Wildman–Crippen LogP) is 3.21. The molecule has 0 radical (unpaired) electrons. The van der Waals surface area contributed by atoms with Crippen LogP contribution in [-0.2, 0) is 4.74 Å². The van der Waals surface area contributed by atoms with Crippen molar-refractivity contribution in [2.45, 2.75) is 25.8 Å². The zero-order valence-corrected chi connectivity index (χ0v) is 10.6. The summed E-state index contributed by atoms with van der Waals surface area (Å²) in [5.41, 5.74) is 7.66. The minimum Gasteiger partial charge on any atom is -0.381 e. The SMILES string of the molecule is Cc1cc(C(N)C2CCOCC2)c(Cl)cc1F. The molecule has 17 heavy (non-hydrogen) atoms. The fraction of sp³-hybridized carbons (Fsp3) is 0.538. The smallest absolute Gasteiger partial charge is 0.127 e. The number of halogens is 2. The van der Waals surface area contributed by atoms with E-state index in [1.165, 1.54) is 6.07 Å². The third-order valence-electron chi connectivity index (χ3n) is 3.41. The number of benzene rings is 1. The fourth-order valence-corrected chi connectivity index (χ4v) is 2.54. The standard InChI is InChI=1S/C13H17ClFNO/c1-8-6-10(11(14)7-12(8)15)13(16)9-2-4-17-5-3-9/h6-7,9,13H,2-5,16H2,1H3. The van der Waals surface area contributed by atoms with Crippen molar-refractivity contribution < 1.29 is 9.13 Å². The predicted molar refractivity (Wildman–Crippen MR) is 66.6 cm³/mol. The van der Waals surface area contributed by atoms with Gasteiger partial charge in [-0.05, 0) is 42.9 Å². The number of rotatable bonds is 2. The van der Waals surface area contributed by atoms with Gasteiger partial charge in [0.25, 0.3) is 0 Å². The number of hydrogen-bond donors (Lipinski definition) is 1. The van der Waals surface area contributed by atoms with Crippen LogP contribution in [-0.4, -0.2) is 13.2 Å². The van der Waals surface area contributed by atoms with Gasteiger partial charge in [0.15, 0.2) is 0 Å². The zero-order chi connectivity index (χ0) is 12.4. The molecule has 0 aromatic heterocycles. The lowest BCUT2D eigenvalue weighted by molar-refractivity contribution is 0.0584. The zero-order valence-electron chi connectivity index (χ0n) is 9.88. The van der Waals surface area contributed by atoms with Gasteiger partial charge in [-0.3, -0.25) is 0 Å². The normalized spacial score (nSPS) is 19.3. The summed E-state index contributed by atoms with van der Waals surface area (Å²) in [5, 5.41) is 0.423. The summed E-state index contributed by atoms with van der Waals surface area (Å²) in [6.07, 6.45) is 1.88. The maximum absolute atomic E-state index is 13.3. The average Bonchev–Trinajstić information content (AvgIpc) is 2.34. The molecule has 0 amide bonds. The van der Waals surface area contributed by atoms with Gasteiger partial charge in [0.1, 0.15) is 5.82 Å². The van der Waals surface area contributed by atoms with Gasteiger partial charge in [-0.25, -0.2) is 4.39 Å². The Morgan fingerprint density at radius 3 is 2.71 bits per heavy atom. The molecule has 1 atom stereocenters. The first-order valence-electron chi connectivity index (χ1n) is 5.88. The Bertz CT molecular complexity index is 405. The molecule has 1 unspecified atom stereocenters. The van der Waals surface area contributed by atoms with E-state index < -0.39 is 0 Å².